The minimum atomic E-state index is -0.740. The van der Waals surface area contributed by atoms with Crippen molar-refractivity contribution in [3.8, 4) is 0 Å². The molecule has 2 rings (SSSR count). The van der Waals surface area contributed by atoms with E-state index in [1.165, 1.54) is 0 Å². The highest BCUT2D eigenvalue weighted by molar-refractivity contribution is 5.93. The Balaban J connectivity index is 2.18. The molecule has 1 aliphatic heterocycles. The summed E-state index contributed by atoms with van der Waals surface area (Å²) >= 11 is 0. The molecule has 0 aromatic heterocycles. The van der Waals surface area contributed by atoms with E-state index in [0.29, 0.717) is 24.9 Å². The van der Waals surface area contributed by atoms with Crippen LogP contribution in [0.1, 0.15) is 33.6 Å². The summed E-state index contributed by atoms with van der Waals surface area (Å²) < 4.78 is 0. The van der Waals surface area contributed by atoms with Crippen molar-refractivity contribution in [2.75, 3.05) is 6.54 Å². The van der Waals surface area contributed by atoms with E-state index in [2.05, 4.69) is 12.2 Å². The number of carbonyl (C=O) groups is 2. The van der Waals surface area contributed by atoms with Crippen molar-refractivity contribution in [2.24, 2.45) is 5.92 Å². The normalized spacial score (nSPS) is 34.7. The minimum Gasteiger partial charge on any atom is -0.342 e. The van der Waals surface area contributed by atoms with Gasteiger partial charge in [-0.1, -0.05) is 6.92 Å². The largest absolute Gasteiger partial charge is 0.342 e. The smallest absolute Gasteiger partial charge is 0.248 e. The number of carbonyl (C=O) groups excluding carboxylic acids is 2. The maximum atomic E-state index is 12.2. The molecule has 1 aliphatic carbocycles. The van der Waals surface area contributed by atoms with Crippen molar-refractivity contribution in [3.05, 3.63) is 0 Å². The van der Waals surface area contributed by atoms with E-state index >= 15 is 0 Å². The molecule has 0 aromatic rings. The van der Waals surface area contributed by atoms with Crippen LogP contribution in [-0.2, 0) is 9.59 Å². The maximum Gasteiger partial charge on any atom is 0.248 e. The van der Waals surface area contributed by atoms with Crippen LogP contribution in [-0.4, -0.2) is 34.8 Å². The third kappa shape index (κ3) is 1.85. The first-order valence-electron chi connectivity index (χ1n) is 5.54. The van der Waals surface area contributed by atoms with Gasteiger partial charge in [-0.15, -0.1) is 0 Å². The van der Waals surface area contributed by atoms with Gasteiger partial charge in [0, 0.05) is 19.0 Å². The summed E-state index contributed by atoms with van der Waals surface area (Å²) in [6.45, 7) is 6.27. The number of nitrogens with zero attached hydrogens (tertiary/aromatic N) is 1. The van der Waals surface area contributed by atoms with Crippen molar-refractivity contribution in [1.29, 1.82) is 0 Å². The third-order valence-electron chi connectivity index (χ3n) is 3.29. The number of amides is 2. The van der Waals surface area contributed by atoms with E-state index in [4.69, 9.17) is 0 Å². The maximum absolute atomic E-state index is 12.2. The zero-order valence-corrected chi connectivity index (χ0v) is 9.54. The highest BCUT2D eigenvalue weighted by Gasteiger charge is 2.46. The van der Waals surface area contributed by atoms with Crippen LogP contribution in [0, 0.1) is 5.92 Å². The monoisotopic (exact) mass is 210 g/mol. The Morgan fingerprint density at radius 3 is 2.53 bits per heavy atom. The lowest BCUT2D eigenvalue weighted by Gasteiger charge is -2.29. The third-order valence-corrected chi connectivity index (χ3v) is 3.29. The van der Waals surface area contributed by atoms with Crippen LogP contribution in [0.25, 0.3) is 0 Å². The lowest BCUT2D eigenvalue weighted by Crippen LogP contribution is -2.53. The molecular weight excluding hydrogens is 192 g/mol. The molecule has 1 N–H and O–H groups in total. The lowest BCUT2D eigenvalue weighted by atomic mass is 10.0. The lowest BCUT2D eigenvalue weighted by molar-refractivity contribution is -0.138. The molecule has 0 bridgehead atoms. The van der Waals surface area contributed by atoms with Gasteiger partial charge in [0.25, 0.3) is 0 Å². The second kappa shape index (κ2) is 3.22. The predicted molar refractivity (Wildman–Crippen MR) is 56.1 cm³/mol. The van der Waals surface area contributed by atoms with Crippen LogP contribution in [0.5, 0.6) is 0 Å². The first-order chi connectivity index (χ1) is 6.92. The molecule has 1 heterocycles. The molecule has 4 nitrogen and oxygen atoms in total. The Hall–Kier alpha value is -1.06. The molecule has 2 unspecified atom stereocenters. The van der Waals surface area contributed by atoms with Gasteiger partial charge in [-0.25, -0.2) is 0 Å². The first kappa shape index (κ1) is 10.5. The van der Waals surface area contributed by atoms with Crippen LogP contribution in [0.3, 0.4) is 0 Å². The number of hydrogen-bond donors (Lipinski definition) is 1. The molecule has 4 heteroatoms. The second-order valence-electron chi connectivity index (χ2n) is 5.20. The summed E-state index contributed by atoms with van der Waals surface area (Å²) in [4.78, 5) is 25.5. The van der Waals surface area contributed by atoms with Crippen molar-refractivity contribution < 1.29 is 9.59 Å². The highest BCUT2D eigenvalue weighted by atomic mass is 16.2. The average Bonchev–Trinajstić information content (AvgIpc) is 2.81. The van der Waals surface area contributed by atoms with Gasteiger partial charge in [-0.3, -0.25) is 9.59 Å². The standard InChI is InChI=1S/C11H18N2O2/c1-7-6-8(7)13-5-4-9(14)12-11(2,3)10(13)15/h7-8H,4-6H2,1-3H3,(H,12,14). The number of rotatable bonds is 1. The quantitative estimate of drug-likeness (QED) is 0.686. The molecule has 2 amide bonds. The molecule has 2 aliphatic rings. The van der Waals surface area contributed by atoms with Crippen LogP contribution < -0.4 is 5.32 Å². The summed E-state index contributed by atoms with van der Waals surface area (Å²) in [6.07, 6.45) is 1.51. The second-order valence-corrected chi connectivity index (χ2v) is 5.20. The fourth-order valence-corrected chi connectivity index (χ4v) is 2.20. The molecule has 84 valence electrons. The zero-order valence-electron chi connectivity index (χ0n) is 9.54. The van der Waals surface area contributed by atoms with Crippen molar-refractivity contribution >= 4 is 11.8 Å². The fraction of sp³-hybridized carbons (Fsp3) is 0.818. The first-order valence-corrected chi connectivity index (χ1v) is 5.54. The van der Waals surface area contributed by atoms with Gasteiger partial charge < -0.3 is 10.2 Å². The van der Waals surface area contributed by atoms with E-state index in [1.807, 2.05) is 4.90 Å². The van der Waals surface area contributed by atoms with Gasteiger partial charge in [0.1, 0.15) is 5.54 Å². The molecule has 0 radical (unpaired) electrons. The Bertz CT molecular complexity index is 312. The SMILES string of the molecule is CC1CC1N1CCC(=O)NC(C)(C)C1=O. The number of hydrogen-bond acceptors (Lipinski definition) is 2. The van der Waals surface area contributed by atoms with Gasteiger partial charge in [-0.2, -0.15) is 0 Å². The van der Waals surface area contributed by atoms with E-state index in [-0.39, 0.29) is 11.8 Å². The molecule has 2 fully saturated rings. The van der Waals surface area contributed by atoms with Gasteiger partial charge >= 0.3 is 0 Å². The van der Waals surface area contributed by atoms with Crippen LogP contribution in [0.15, 0.2) is 0 Å². The van der Waals surface area contributed by atoms with Gasteiger partial charge in [0.2, 0.25) is 11.8 Å². The van der Waals surface area contributed by atoms with Gasteiger partial charge in [-0.05, 0) is 26.2 Å². The van der Waals surface area contributed by atoms with Crippen molar-refractivity contribution in [3.63, 3.8) is 0 Å². The summed E-state index contributed by atoms with van der Waals surface area (Å²) in [6, 6.07) is 0.365. The highest BCUT2D eigenvalue weighted by Crippen LogP contribution is 2.36. The topological polar surface area (TPSA) is 49.4 Å². The average molecular weight is 210 g/mol. The number of nitrogens with one attached hydrogen (secondary N) is 1. The van der Waals surface area contributed by atoms with E-state index in [1.54, 1.807) is 13.8 Å². The summed E-state index contributed by atoms with van der Waals surface area (Å²) in [5.74, 6) is 0.629. The summed E-state index contributed by atoms with van der Waals surface area (Å²) in [7, 11) is 0. The zero-order chi connectivity index (χ0) is 11.2. The molecule has 15 heavy (non-hydrogen) atoms. The minimum absolute atomic E-state index is 0.0239. The molecular formula is C11H18N2O2. The molecule has 0 aromatic carbocycles. The summed E-state index contributed by atoms with van der Waals surface area (Å²) in [5, 5.41) is 2.77. The Morgan fingerprint density at radius 1 is 1.40 bits per heavy atom. The predicted octanol–water partition coefficient (Wildman–Crippen LogP) is 0.522. The van der Waals surface area contributed by atoms with Crippen LogP contribution >= 0.6 is 0 Å². The Morgan fingerprint density at radius 2 is 2.00 bits per heavy atom. The Labute approximate surface area is 90.0 Å². The van der Waals surface area contributed by atoms with Crippen molar-refractivity contribution in [1.82, 2.24) is 10.2 Å². The Kier molecular flexibility index (Phi) is 2.24. The van der Waals surface area contributed by atoms with Gasteiger partial charge in [0.05, 0.1) is 0 Å². The van der Waals surface area contributed by atoms with E-state index in [0.717, 1.165) is 6.42 Å². The summed E-state index contributed by atoms with van der Waals surface area (Å²) in [5.41, 5.74) is -0.740. The molecule has 1 saturated carbocycles. The van der Waals surface area contributed by atoms with E-state index in [9.17, 15) is 9.59 Å². The van der Waals surface area contributed by atoms with Gasteiger partial charge in [0.15, 0.2) is 0 Å². The molecule has 2 atom stereocenters. The van der Waals surface area contributed by atoms with E-state index < -0.39 is 5.54 Å². The van der Waals surface area contributed by atoms with Crippen LogP contribution in [0.4, 0.5) is 0 Å². The van der Waals surface area contributed by atoms with Crippen molar-refractivity contribution in [2.45, 2.75) is 45.2 Å². The fourth-order valence-electron chi connectivity index (χ4n) is 2.20. The molecule has 0 spiro atoms. The molecule has 1 saturated heterocycles. The van der Waals surface area contributed by atoms with Crippen LogP contribution in [0.2, 0.25) is 0 Å².